The third-order valence-electron chi connectivity index (χ3n) is 3.15. The number of piperidine rings is 1. The summed E-state index contributed by atoms with van der Waals surface area (Å²) in [6.45, 7) is 9.59. The fraction of sp³-hybridized carbons (Fsp3) is 0.857. The molecule has 0 unspecified atom stereocenters. The molecule has 2 rings (SSSR count). The van der Waals surface area contributed by atoms with E-state index in [-0.39, 0.29) is 24.0 Å². The number of carbonyl (C=O) groups is 2. The summed E-state index contributed by atoms with van der Waals surface area (Å²) in [5.74, 6) is 0.285. The molecule has 0 N–H and O–H groups in total. The van der Waals surface area contributed by atoms with Gasteiger partial charge in [-0.25, -0.2) is 4.79 Å². The van der Waals surface area contributed by atoms with Crippen molar-refractivity contribution < 1.29 is 14.3 Å². The second-order valence-corrected chi connectivity index (χ2v) is 5.72. The van der Waals surface area contributed by atoms with E-state index in [0.29, 0.717) is 12.8 Å². The fourth-order valence-corrected chi connectivity index (χ4v) is 2.58. The van der Waals surface area contributed by atoms with Crippen molar-refractivity contribution >= 4 is 11.9 Å². The Bertz CT molecular complexity index is 303. The summed E-state index contributed by atoms with van der Waals surface area (Å²) in [5, 5.41) is 0. The average Bonchev–Trinajstić information content (AvgIpc) is 2.52. The number of nitrogens with zero attached hydrogens (tertiary/aromatic N) is 1. The average molecular weight is 255 g/mol. The fourth-order valence-electron chi connectivity index (χ4n) is 2.58. The third kappa shape index (κ3) is 3.47. The summed E-state index contributed by atoms with van der Waals surface area (Å²) in [6, 6.07) is 0.169. The van der Waals surface area contributed by atoms with Crippen LogP contribution in [0.2, 0.25) is 0 Å². The number of hydrogen-bond donors (Lipinski definition) is 0. The smallest absolute Gasteiger partial charge is 0.410 e. The summed E-state index contributed by atoms with van der Waals surface area (Å²) in [6.07, 6.45) is 2.64. The highest BCUT2D eigenvalue weighted by Crippen LogP contribution is 2.34. The number of fused-ring (bicyclic) bond motifs is 2. The molecule has 104 valence electrons. The quantitative estimate of drug-likeness (QED) is 0.668. The van der Waals surface area contributed by atoms with Crippen molar-refractivity contribution in [3.05, 3.63) is 0 Å². The van der Waals surface area contributed by atoms with Gasteiger partial charge in [-0.3, -0.25) is 4.79 Å². The highest BCUT2D eigenvalue weighted by Gasteiger charge is 2.44. The molecule has 2 saturated heterocycles. The maximum atomic E-state index is 12.0. The van der Waals surface area contributed by atoms with Crippen molar-refractivity contribution in [3.8, 4) is 0 Å². The van der Waals surface area contributed by atoms with Gasteiger partial charge in [0.2, 0.25) is 0 Å². The van der Waals surface area contributed by atoms with Gasteiger partial charge < -0.3 is 9.64 Å². The van der Waals surface area contributed by atoms with Crippen LogP contribution in [0, 0.1) is 0 Å². The van der Waals surface area contributed by atoms with Gasteiger partial charge in [0, 0.05) is 24.9 Å². The molecule has 0 aromatic heterocycles. The Morgan fingerprint density at radius 2 is 1.61 bits per heavy atom. The van der Waals surface area contributed by atoms with Crippen LogP contribution in [0.4, 0.5) is 4.79 Å². The Balaban J connectivity index is 0.000000771. The predicted octanol–water partition coefficient (Wildman–Crippen LogP) is 3.14. The summed E-state index contributed by atoms with van der Waals surface area (Å²) in [5.41, 5.74) is -0.460. The lowest BCUT2D eigenvalue weighted by molar-refractivity contribution is -0.123. The molecule has 1 amide bonds. The summed E-state index contributed by atoms with van der Waals surface area (Å²) >= 11 is 0. The van der Waals surface area contributed by atoms with Gasteiger partial charge in [-0.05, 0) is 33.6 Å². The molecule has 2 bridgehead atoms. The molecule has 0 aromatic carbocycles. The lowest BCUT2D eigenvalue weighted by atomic mass is 10.0. The number of amides is 1. The highest BCUT2D eigenvalue weighted by molar-refractivity contribution is 5.83. The minimum Gasteiger partial charge on any atom is -0.444 e. The van der Waals surface area contributed by atoms with Gasteiger partial charge >= 0.3 is 6.09 Å². The molecule has 0 aliphatic carbocycles. The van der Waals surface area contributed by atoms with Crippen LogP contribution in [-0.2, 0) is 9.53 Å². The molecular weight excluding hydrogens is 230 g/mol. The Hall–Kier alpha value is -1.06. The third-order valence-corrected chi connectivity index (χ3v) is 3.15. The van der Waals surface area contributed by atoms with Gasteiger partial charge in [-0.15, -0.1) is 0 Å². The summed E-state index contributed by atoms with van der Waals surface area (Å²) < 4.78 is 5.37. The number of Topliss-reactive ketones (excluding diaryl/α,β-unsaturated/α-hetero) is 1. The van der Waals surface area contributed by atoms with Crippen LogP contribution >= 0.6 is 0 Å². The van der Waals surface area contributed by atoms with E-state index < -0.39 is 5.60 Å². The van der Waals surface area contributed by atoms with Crippen LogP contribution in [0.3, 0.4) is 0 Å². The van der Waals surface area contributed by atoms with Crippen molar-refractivity contribution in [1.82, 2.24) is 4.90 Å². The molecule has 4 heteroatoms. The normalized spacial score (nSPS) is 26.5. The lowest BCUT2D eigenvalue weighted by Gasteiger charge is -2.35. The van der Waals surface area contributed by atoms with Crippen molar-refractivity contribution in [3.63, 3.8) is 0 Å². The molecule has 0 saturated carbocycles. The topological polar surface area (TPSA) is 46.6 Å². The van der Waals surface area contributed by atoms with Crippen LogP contribution in [0.15, 0.2) is 0 Å². The van der Waals surface area contributed by atoms with Crippen molar-refractivity contribution in [1.29, 1.82) is 0 Å². The summed E-state index contributed by atoms with van der Waals surface area (Å²) in [7, 11) is 0. The van der Waals surface area contributed by atoms with Crippen LogP contribution in [0.1, 0.15) is 60.3 Å². The first-order valence-corrected chi connectivity index (χ1v) is 6.90. The Morgan fingerprint density at radius 3 is 2.00 bits per heavy atom. The van der Waals surface area contributed by atoms with Crippen LogP contribution in [0.5, 0.6) is 0 Å². The largest absolute Gasteiger partial charge is 0.444 e. The molecule has 2 aliphatic heterocycles. The Labute approximate surface area is 110 Å². The van der Waals surface area contributed by atoms with Gasteiger partial charge in [-0.2, -0.15) is 0 Å². The zero-order valence-corrected chi connectivity index (χ0v) is 12.2. The second-order valence-electron chi connectivity index (χ2n) is 5.72. The first kappa shape index (κ1) is 15.0. The van der Waals surface area contributed by atoms with Gasteiger partial charge in [0.1, 0.15) is 11.4 Å². The molecule has 2 fully saturated rings. The van der Waals surface area contributed by atoms with E-state index in [4.69, 9.17) is 4.74 Å². The van der Waals surface area contributed by atoms with Crippen LogP contribution in [-0.4, -0.2) is 34.5 Å². The summed E-state index contributed by atoms with van der Waals surface area (Å²) in [4.78, 5) is 25.2. The zero-order valence-electron chi connectivity index (χ0n) is 12.2. The SMILES string of the molecule is CC.CC(C)(C)OC(=O)N1[C@@H]2CC[C@H]1CC(=O)C2. The monoisotopic (exact) mass is 255 g/mol. The van der Waals surface area contributed by atoms with Gasteiger partial charge in [0.25, 0.3) is 0 Å². The predicted molar refractivity (Wildman–Crippen MR) is 70.5 cm³/mol. The molecule has 2 atom stereocenters. The van der Waals surface area contributed by atoms with Gasteiger partial charge in [-0.1, -0.05) is 13.8 Å². The maximum absolute atomic E-state index is 12.0. The minimum atomic E-state index is -0.460. The van der Waals surface area contributed by atoms with E-state index in [1.165, 1.54) is 0 Å². The maximum Gasteiger partial charge on any atom is 0.410 e. The molecule has 0 aromatic rings. The van der Waals surface area contributed by atoms with Crippen LogP contribution in [0.25, 0.3) is 0 Å². The van der Waals surface area contributed by atoms with E-state index in [1.54, 1.807) is 4.90 Å². The van der Waals surface area contributed by atoms with Crippen molar-refractivity contribution in [2.24, 2.45) is 0 Å². The molecule has 18 heavy (non-hydrogen) atoms. The Kier molecular flexibility index (Phi) is 4.77. The van der Waals surface area contributed by atoms with E-state index >= 15 is 0 Å². The first-order valence-electron chi connectivity index (χ1n) is 6.90. The number of rotatable bonds is 0. The number of ether oxygens (including phenoxy) is 1. The molecule has 0 spiro atoms. The number of hydrogen-bond acceptors (Lipinski definition) is 3. The standard InChI is InChI=1S/C12H19NO3.C2H6/c1-12(2,3)16-11(15)13-8-4-5-9(13)7-10(14)6-8;1-2/h8-9H,4-7H2,1-3H3;1-2H3/t8-,9+;. The van der Waals surface area contributed by atoms with Crippen molar-refractivity contribution in [2.75, 3.05) is 0 Å². The molecule has 4 nitrogen and oxygen atoms in total. The molecule has 2 heterocycles. The zero-order chi connectivity index (χ0) is 13.9. The van der Waals surface area contributed by atoms with Crippen molar-refractivity contribution in [2.45, 2.75) is 78.0 Å². The van der Waals surface area contributed by atoms with E-state index in [0.717, 1.165) is 12.8 Å². The Morgan fingerprint density at radius 1 is 1.17 bits per heavy atom. The van der Waals surface area contributed by atoms with E-state index in [1.807, 2.05) is 34.6 Å². The lowest BCUT2D eigenvalue weighted by Crippen LogP contribution is -2.48. The second kappa shape index (κ2) is 5.72. The highest BCUT2D eigenvalue weighted by atomic mass is 16.6. The first-order chi connectivity index (χ1) is 8.37. The van der Waals surface area contributed by atoms with Crippen LogP contribution < -0.4 is 0 Å². The van der Waals surface area contributed by atoms with E-state index in [2.05, 4.69) is 0 Å². The van der Waals surface area contributed by atoms with Gasteiger partial charge in [0.15, 0.2) is 0 Å². The number of ketones is 1. The number of carbonyl (C=O) groups excluding carboxylic acids is 2. The van der Waals surface area contributed by atoms with E-state index in [9.17, 15) is 9.59 Å². The molecular formula is C14H25NO3. The molecule has 2 aliphatic rings. The molecule has 0 radical (unpaired) electrons. The minimum absolute atomic E-state index is 0.0844. The van der Waals surface area contributed by atoms with Gasteiger partial charge in [0.05, 0.1) is 0 Å².